The number of carbonyl (C=O) groups is 2. The van der Waals surface area contributed by atoms with Gasteiger partial charge in [0.2, 0.25) is 11.8 Å². The molecule has 1 saturated heterocycles. The zero-order valence-electron chi connectivity index (χ0n) is 19.0. The lowest BCUT2D eigenvalue weighted by Crippen LogP contribution is -2.40. The average molecular weight is 440 g/mol. The maximum atomic E-state index is 12.6. The summed E-state index contributed by atoms with van der Waals surface area (Å²) in [5, 5.41) is 2.98. The molecule has 2 amide bonds. The quantitative estimate of drug-likeness (QED) is 0.614. The summed E-state index contributed by atoms with van der Waals surface area (Å²) < 4.78 is 10.6. The fourth-order valence-electron chi connectivity index (χ4n) is 4.10. The number of aromatic nitrogens is 1. The largest absolute Gasteiger partial charge is 0.497 e. The second-order valence-corrected chi connectivity index (χ2v) is 8.20. The summed E-state index contributed by atoms with van der Waals surface area (Å²) >= 11 is 0. The Hall–Kier alpha value is -3.09. The third-order valence-corrected chi connectivity index (χ3v) is 5.97. The monoisotopic (exact) mass is 439 g/mol. The standard InChI is InChI=1S/C25H33N3O4/c1-31-22-10-9-21(23(15-22)32-2)17-27-24(29)11-7-20-6-4-14-28(18-20)25(30)12-8-19-5-3-13-26-16-19/h3,5,9-10,13,15-16,20H,4,6-8,11-12,14,17-18H2,1-2H3,(H,27,29)/t20-/m1/s1. The summed E-state index contributed by atoms with van der Waals surface area (Å²) in [6.07, 6.45) is 8.07. The number of nitrogens with zero attached hydrogens (tertiary/aromatic N) is 2. The molecule has 1 fully saturated rings. The minimum absolute atomic E-state index is 0.0166. The van der Waals surface area contributed by atoms with Crippen molar-refractivity contribution in [1.82, 2.24) is 15.2 Å². The van der Waals surface area contributed by atoms with Gasteiger partial charge in [-0.05, 0) is 55.4 Å². The molecule has 3 rings (SSSR count). The fraction of sp³-hybridized carbons (Fsp3) is 0.480. The molecule has 7 heteroatoms. The van der Waals surface area contributed by atoms with Crippen LogP contribution in [0.25, 0.3) is 0 Å². The van der Waals surface area contributed by atoms with Crippen LogP contribution in [-0.2, 0) is 22.6 Å². The van der Waals surface area contributed by atoms with Gasteiger partial charge in [0, 0.05) is 56.5 Å². The molecule has 1 aliphatic rings. The second-order valence-electron chi connectivity index (χ2n) is 8.20. The summed E-state index contributed by atoms with van der Waals surface area (Å²) in [7, 11) is 3.21. The van der Waals surface area contributed by atoms with Crippen LogP contribution in [0.5, 0.6) is 11.5 Å². The highest BCUT2D eigenvalue weighted by Crippen LogP contribution is 2.25. The minimum atomic E-state index is 0.0166. The summed E-state index contributed by atoms with van der Waals surface area (Å²) in [6.45, 7) is 1.97. The number of aryl methyl sites for hydroxylation is 1. The van der Waals surface area contributed by atoms with Gasteiger partial charge in [-0.25, -0.2) is 0 Å². The number of ether oxygens (including phenoxy) is 2. The van der Waals surface area contributed by atoms with Crippen LogP contribution in [0.2, 0.25) is 0 Å². The molecule has 2 heterocycles. The first kappa shape index (κ1) is 23.6. The van der Waals surface area contributed by atoms with Crippen molar-refractivity contribution >= 4 is 11.8 Å². The Morgan fingerprint density at radius 3 is 2.81 bits per heavy atom. The van der Waals surface area contributed by atoms with E-state index in [1.54, 1.807) is 20.4 Å². The van der Waals surface area contributed by atoms with Gasteiger partial charge in [0.15, 0.2) is 0 Å². The van der Waals surface area contributed by atoms with Crippen LogP contribution in [-0.4, -0.2) is 49.0 Å². The van der Waals surface area contributed by atoms with Gasteiger partial charge < -0.3 is 19.7 Å². The number of hydrogen-bond acceptors (Lipinski definition) is 5. The Balaban J connectivity index is 1.40. The van der Waals surface area contributed by atoms with E-state index in [0.29, 0.717) is 43.2 Å². The van der Waals surface area contributed by atoms with Crippen molar-refractivity contribution in [3.8, 4) is 11.5 Å². The number of likely N-dealkylation sites (tertiary alicyclic amines) is 1. The van der Waals surface area contributed by atoms with Gasteiger partial charge in [0.05, 0.1) is 14.2 Å². The number of benzene rings is 1. The smallest absolute Gasteiger partial charge is 0.222 e. The van der Waals surface area contributed by atoms with Crippen molar-refractivity contribution < 1.29 is 19.1 Å². The van der Waals surface area contributed by atoms with Crippen LogP contribution in [0.3, 0.4) is 0 Å². The molecule has 0 spiro atoms. The van der Waals surface area contributed by atoms with Gasteiger partial charge in [0.1, 0.15) is 11.5 Å². The van der Waals surface area contributed by atoms with Gasteiger partial charge in [-0.2, -0.15) is 0 Å². The zero-order valence-corrected chi connectivity index (χ0v) is 19.0. The number of amides is 2. The number of nitrogens with one attached hydrogen (secondary N) is 1. The van der Waals surface area contributed by atoms with Crippen molar-refractivity contribution in [3.63, 3.8) is 0 Å². The maximum absolute atomic E-state index is 12.6. The summed E-state index contributed by atoms with van der Waals surface area (Å²) in [4.78, 5) is 31.1. The Labute approximate surface area is 190 Å². The van der Waals surface area contributed by atoms with Crippen LogP contribution >= 0.6 is 0 Å². The normalized spacial score (nSPS) is 15.8. The number of methoxy groups -OCH3 is 2. The lowest BCUT2D eigenvalue weighted by molar-refractivity contribution is -0.133. The molecule has 1 aromatic heterocycles. The molecule has 0 saturated carbocycles. The van der Waals surface area contributed by atoms with E-state index in [9.17, 15) is 9.59 Å². The fourth-order valence-corrected chi connectivity index (χ4v) is 4.10. The molecular weight excluding hydrogens is 406 g/mol. The summed E-state index contributed by atoms with van der Waals surface area (Å²) in [5.74, 6) is 1.98. The van der Waals surface area contributed by atoms with E-state index in [0.717, 1.165) is 43.5 Å². The Bertz CT molecular complexity index is 888. The van der Waals surface area contributed by atoms with E-state index < -0.39 is 0 Å². The van der Waals surface area contributed by atoms with Crippen molar-refractivity contribution in [1.29, 1.82) is 0 Å². The number of rotatable bonds is 10. The number of piperidine rings is 1. The van der Waals surface area contributed by atoms with Crippen LogP contribution in [0, 0.1) is 5.92 Å². The van der Waals surface area contributed by atoms with Gasteiger partial charge >= 0.3 is 0 Å². The maximum Gasteiger partial charge on any atom is 0.222 e. The lowest BCUT2D eigenvalue weighted by Gasteiger charge is -2.33. The molecule has 1 aliphatic heterocycles. The highest BCUT2D eigenvalue weighted by Gasteiger charge is 2.24. The van der Waals surface area contributed by atoms with Crippen LogP contribution in [0.1, 0.15) is 43.2 Å². The summed E-state index contributed by atoms with van der Waals surface area (Å²) in [5.41, 5.74) is 1.99. The molecule has 0 unspecified atom stereocenters. The van der Waals surface area contributed by atoms with Crippen LogP contribution < -0.4 is 14.8 Å². The number of pyridine rings is 1. The first-order valence-corrected chi connectivity index (χ1v) is 11.2. The molecule has 0 aliphatic carbocycles. The summed E-state index contributed by atoms with van der Waals surface area (Å²) in [6, 6.07) is 9.45. The van der Waals surface area contributed by atoms with E-state index in [2.05, 4.69) is 10.3 Å². The Morgan fingerprint density at radius 2 is 2.06 bits per heavy atom. The van der Waals surface area contributed by atoms with E-state index in [-0.39, 0.29) is 11.8 Å². The van der Waals surface area contributed by atoms with E-state index in [1.807, 2.05) is 41.4 Å². The van der Waals surface area contributed by atoms with E-state index >= 15 is 0 Å². The topological polar surface area (TPSA) is 80.8 Å². The first-order chi connectivity index (χ1) is 15.6. The Morgan fingerprint density at radius 1 is 1.19 bits per heavy atom. The van der Waals surface area contributed by atoms with Gasteiger partial charge in [-0.1, -0.05) is 6.07 Å². The molecule has 2 aromatic rings. The molecular formula is C25H33N3O4. The first-order valence-electron chi connectivity index (χ1n) is 11.2. The number of hydrogen-bond donors (Lipinski definition) is 1. The molecule has 172 valence electrons. The third kappa shape index (κ3) is 6.97. The van der Waals surface area contributed by atoms with Crippen molar-refractivity contribution in [2.24, 2.45) is 5.92 Å². The second kappa shape index (κ2) is 12.1. The molecule has 7 nitrogen and oxygen atoms in total. The predicted molar refractivity (Wildman–Crippen MR) is 122 cm³/mol. The van der Waals surface area contributed by atoms with Crippen molar-refractivity contribution in [3.05, 3.63) is 53.9 Å². The molecule has 0 bridgehead atoms. The molecule has 1 atom stereocenters. The van der Waals surface area contributed by atoms with Gasteiger partial charge in [-0.3, -0.25) is 14.6 Å². The Kier molecular flexibility index (Phi) is 8.90. The highest BCUT2D eigenvalue weighted by molar-refractivity contribution is 5.77. The minimum Gasteiger partial charge on any atom is -0.497 e. The molecule has 0 radical (unpaired) electrons. The van der Waals surface area contributed by atoms with Crippen molar-refractivity contribution in [2.45, 2.75) is 45.1 Å². The van der Waals surface area contributed by atoms with Gasteiger partial charge in [0.25, 0.3) is 0 Å². The SMILES string of the molecule is COc1ccc(CNC(=O)CC[C@H]2CCCN(C(=O)CCc3cccnc3)C2)c(OC)c1. The average Bonchev–Trinajstić information content (AvgIpc) is 2.85. The lowest BCUT2D eigenvalue weighted by atomic mass is 9.93. The number of carbonyl (C=O) groups excluding carboxylic acids is 2. The highest BCUT2D eigenvalue weighted by atomic mass is 16.5. The predicted octanol–water partition coefficient (Wildman–Crippen LogP) is 3.37. The van der Waals surface area contributed by atoms with Gasteiger partial charge in [-0.15, -0.1) is 0 Å². The third-order valence-electron chi connectivity index (χ3n) is 5.97. The molecule has 32 heavy (non-hydrogen) atoms. The van der Waals surface area contributed by atoms with Crippen LogP contribution in [0.15, 0.2) is 42.7 Å². The zero-order chi connectivity index (χ0) is 22.8. The van der Waals surface area contributed by atoms with Crippen molar-refractivity contribution in [2.75, 3.05) is 27.3 Å². The molecule has 1 N–H and O–H groups in total. The molecule has 1 aromatic carbocycles. The van der Waals surface area contributed by atoms with E-state index in [4.69, 9.17) is 9.47 Å². The van der Waals surface area contributed by atoms with Crippen LogP contribution in [0.4, 0.5) is 0 Å². The van der Waals surface area contributed by atoms with E-state index in [1.165, 1.54) is 0 Å².